The van der Waals surface area contributed by atoms with Crippen LogP contribution in [-0.2, 0) is 11.2 Å². The quantitative estimate of drug-likeness (QED) is 0.893. The molecule has 0 saturated carbocycles. The third-order valence-corrected chi connectivity index (χ3v) is 4.79. The average Bonchev–Trinajstić information content (AvgIpc) is 2.53. The zero-order valence-corrected chi connectivity index (χ0v) is 16.2. The molecule has 1 heterocycles. The first-order valence-electron chi connectivity index (χ1n) is 9.00. The minimum absolute atomic E-state index is 0.0174. The second kappa shape index (κ2) is 7.02. The second-order valence-electron chi connectivity index (χ2n) is 7.71. The number of hydrogen-bond donors (Lipinski definition) is 1. The number of aryl methyl sites for hydroxylation is 2. The van der Waals surface area contributed by atoms with Gasteiger partial charge in [-0.15, -0.1) is 0 Å². The van der Waals surface area contributed by atoms with E-state index in [0.29, 0.717) is 6.42 Å². The fourth-order valence-electron chi connectivity index (χ4n) is 3.57. The van der Waals surface area contributed by atoms with Gasteiger partial charge in [-0.3, -0.25) is 4.79 Å². The number of nitrogens with one attached hydrogen (secondary N) is 1. The molecule has 2 aromatic carbocycles. The molecule has 1 atom stereocenters. The summed E-state index contributed by atoms with van der Waals surface area (Å²) in [5.41, 5.74) is 3.91. The van der Waals surface area contributed by atoms with Gasteiger partial charge >= 0.3 is 0 Å². The lowest BCUT2D eigenvalue weighted by atomic mass is 9.89. The van der Waals surface area contributed by atoms with Crippen molar-refractivity contribution in [1.29, 1.82) is 0 Å². The van der Waals surface area contributed by atoms with Crippen molar-refractivity contribution in [1.82, 2.24) is 5.32 Å². The predicted octanol–water partition coefficient (Wildman–Crippen LogP) is 4.27. The summed E-state index contributed by atoms with van der Waals surface area (Å²) in [7, 11) is 1.65. The molecule has 0 aliphatic carbocycles. The topological polar surface area (TPSA) is 47.6 Å². The molecule has 0 spiro atoms. The van der Waals surface area contributed by atoms with Crippen LogP contribution in [0.1, 0.15) is 48.6 Å². The molecule has 0 unspecified atom stereocenters. The van der Waals surface area contributed by atoms with Crippen molar-refractivity contribution in [2.75, 3.05) is 7.11 Å². The maximum atomic E-state index is 12.7. The minimum atomic E-state index is -0.310. The average molecular weight is 353 g/mol. The number of benzene rings is 2. The van der Waals surface area contributed by atoms with Gasteiger partial charge in [0, 0.05) is 12.0 Å². The van der Waals surface area contributed by atoms with Crippen LogP contribution >= 0.6 is 0 Å². The van der Waals surface area contributed by atoms with Gasteiger partial charge in [0.1, 0.15) is 17.1 Å². The van der Waals surface area contributed by atoms with Gasteiger partial charge in [0.25, 0.3) is 0 Å². The van der Waals surface area contributed by atoms with E-state index in [9.17, 15) is 4.79 Å². The smallest absolute Gasteiger partial charge is 0.224 e. The van der Waals surface area contributed by atoms with Gasteiger partial charge in [-0.2, -0.15) is 0 Å². The Hall–Kier alpha value is -2.49. The van der Waals surface area contributed by atoms with Gasteiger partial charge < -0.3 is 14.8 Å². The van der Waals surface area contributed by atoms with E-state index in [1.807, 2.05) is 38.1 Å². The van der Waals surface area contributed by atoms with E-state index in [-0.39, 0.29) is 17.6 Å². The summed E-state index contributed by atoms with van der Waals surface area (Å²) in [4.78, 5) is 12.7. The standard InChI is InChI=1S/C22H27NO3/c1-14-6-8-17-18(13-22(3,4)26-20(17)10-14)23-21(24)12-16-7-9-19(25-5)15(2)11-16/h6-11,18H,12-13H2,1-5H3,(H,23,24)/t18-/m1/s1. The molecular weight excluding hydrogens is 326 g/mol. The highest BCUT2D eigenvalue weighted by Crippen LogP contribution is 2.39. The number of methoxy groups -OCH3 is 1. The molecule has 26 heavy (non-hydrogen) atoms. The molecule has 138 valence electrons. The predicted molar refractivity (Wildman–Crippen MR) is 103 cm³/mol. The summed E-state index contributed by atoms with van der Waals surface area (Å²) in [6, 6.07) is 12.0. The molecule has 2 aromatic rings. The van der Waals surface area contributed by atoms with E-state index in [1.54, 1.807) is 7.11 Å². The normalized spacial score (nSPS) is 17.8. The van der Waals surface area contributed by atoms with E-state index in [1.165, 1.54) is 0 Å². The van der Waals surface area contributed by atoms with Crippen molar-refractivity contribution < 1.29 is 14.3 Å². The molecule has 1 N–H and O–H groups in total. The molecule has 0 radical (unpaired) electrons. The van der Waals surface area contributed by atoms with Gasteiger partial charge in [0.15, 0.2) is 0 Å². The van der Waals surface area contributed by atoms with Gasteiger partial charge in [-0.05, 0) is 56.5 Å². The molecule has 4 heteroatoms. The summed E-state index contributed by atoms with van der Waals surface area (Å²) in [6.45, 7) is 8.15. The van der Waals surface area contributed by atoms with Crippen LogP contribution in [-0.4, -0.2) is 18.6 Å². The van der Waals surface area contributed by atoms with Gasteiger partial charge in [-0.1, -0.05) is 24.3 Å². The fourth-order valence-corrected chi connectivity index (χ4v) is 3.57. The molecule has 1 aliphatic heterocycles. The van der Waals surface area contributed by atoms with Crippen molar-refractivity contribution in [2.45, 2.75) is 52.2 Å². The highest BCUT2D eigenvalue weighted by atomic mass is 16.5. The molecule has 0 fully saturated rings. The Bertz CT molecular complexity index is 826. The molecule has 0 saturated heterocycles. The van der Waals surface area contributed by atoms with Crippen molar-refractivity contribution in [3.8, 4) is 11.5 Å². The lowest BCUT2D eigenvalue weighted by Crippen LogP contribution is -2.41. The Kier molecular flexibility index (Phi) is 4.94. The number of fused-ring (bicyclic) bond motifs is 1. The third-order valence-electron chi connectivity index (χ3n) is 4.79. The monoisotopic (exact) mass is 353 g/mol. The largest absolute Gasteiger partial charge is 0.496 e. The summed E-state index contributed by atoms with van der Waals surface area (Å²) in [5.74, 6) is 1.72. The van der Waals surface area contributed by atoms with Gasteiger partial charge in [-0.25, -0.2) is 0 Å². The molecular formula is C22H27NO3. The van der Waals surface area contributed by atoms with Gasteiger partial charge in [0.2, 0.25) is 5.91 Å². The maximum absolute atomic E-state index is 12.7. The van der Waals surface area contributed by atoms with Crippen LogP contribution in [0, 0.1) is 13.8 Å². The zero-order valence-electron chi connectivity index (χ0n) is 16.2. The Morgan fingerprint density at radius 2 is 2.00 bits per heavy atom. The van der Waals surface area contributed by atoms with Crippen molar-refractivity contribution in [3.05, 3.63) is 58.7 Å². The number of carbonyl (C=O) groups is 1. The van der Waals surface area contributed by atoms with Gasteiger partial charge in [0.05, 0.1) is 19.6 Å². The van der Waals surface area contributed by atoms with E-state index in [0.717, 1.165) is 40.2 Å². The Balaban J connectivity index is 1.76. The van der Waals surface area contributed by atoms with Crippen LogP contribution in [0.15, 0.2) is 36.4 Å². The summed E-state index contributed by atoms with van der Waals surface area (Å²) < 4.78 is 11.4. The lowest BCUT2D eigenvalue weighted by molar-refractivity contribution is -0.121. The molecule has 3 rings (SSSR count). The molecule has 0 aromatic heterocycles. The number of carbonyl (C=O) groups excluding carboxylic acids is 1. The Morgan fingerprint density at radius 1 is 1.23 bits per heavy atom. The minimum Gasteiger partial charge on any atom is -0.496 e. The number of amides is 1. The molecule has 1 amide bonds. The number of rotatable bonds is 4. The molecule has 4 nitrogen and oxygen atoms in total. The van der Waals surface area contributed by atoms with Crippen LogP contribution < -0.4 is 14.8 Å². The molecule has 0 bridgehead atoms. The zero-order chi connectivity index (χ0) is 18.9. The van der Waals surface area contributed by atoms with Crippen LogP contribution in [0.3, 0.4) is 0 Å². The van der Waals surface area contributed by atoms with E-state index in [2.05, 4.69) is 31.3 Å². The van der Waals surface area contributed by atoms with E-state index >= 15 is 0 Å². The first kappa shape index (κ1) is 18.3. The Morgan fingerprint density at radius 3 is 2.69 bits per heavy atom. The SMILES string of the molecule is COc1ccc(CC(=O)N[C@@H]2CC(C)(C)Oc3cc(C)ccc32)cc1C. The first-order chi connectivity index (χ1) is 12.3. The first-order valence-corrected chi connectivity index (χ1v) is 9.00. The van der Waals surface area contributed by atoms with Crippen LogP contribution in [0.5, 0.6) is 11.5 Å². The van der Waals surface area contributed by atoms with E-state index < -0.39 is 0 Å². The second-order valence-corrected chi connectivity index (χ2v) is 7.71. The lowest BCUT2D eigenvalue weighted by Gasteiger charge is -2.38. The third kappa shape index (κ3) is 4.01. The van der Waals surface area contributed by atoms with Crippen molar-refractivity contribution in [2.24, 2.45) is 0 Å². The number of hydrogen-bond acceptors (Lipinski definition) is 3. The van der Waals surface area contributed by atoms with Crippen molar-refractivity contribution >= 4 is 5.91 Å². The summed E-state index contributed by atoms with van der Waals surface area (Å²) >= 11 is 0. The maximum Gasteiger partial charge on any atom is 0.224 e. The Labute approximate surface area is 155 Å². The van der Waals surface area contributed by atoms with Crippen molar-refractivity contribution in [3.63, 3.8) is 0 Å². The fraction of sp³-hybridized carbons (Fsp3) is 0.409. The van der Waals surface area contributed by atoms with E-state index in [4.69, 9.17) is 9.47 Å². The molecule has 1 aliphatic rings. The highest BCUT2D eigenvalue weighted by Gasteiger charge is 2.34. The van der Waals surface area contributed by atoms with Crippen LogP contribution in [0.2, 0.25) is 0 Å². The summed E-state index contributed by atoms with van der Waals surface area (Å²) in [6.07, 6.45) is 1.10. The number of ether oxygens (including phenoxy) is 2. The van der Waals surface area contributed by atoms with Crippen LogP contribution in [0.4, 0.5) is 0 Å². The summed E-state index contributed by atoms with van der Waals surface area (Å²) in [5, 5.41) is 3.20. The van der Waals surface area contributed by atoms with Crippen LogP contribution in [0.25, 0.3) is 0 Å². The highest BCUT2D eigenvalue weighted by molar-refractivity contribution is 5.79.